The summed E-state index contributed by atoms with van der Waals surface area (Å²) in [5.41, 5.74) is 5.77. The Morgan fingerprint density at radius 3 is 1.55 bits per heavy atom. The van der Waals surface area contributed by atoms with Crippen LogP contribution in [0, 0.1) is 17.8 Å². The zero-order valence-electron chi connectivity index (χ0n) is 8.04. The van der Waals surface area contributed by atoms with Gasteiger partial charge in [-0.05, 0) is 17.8 Å². The van der Waals surface area contributed by atoms with Crippen molar-refractivity contribution in [2.24, 2.45) is 23.5 Å². The lowest BCUT2D eigenvalue weighted by molar-refractivity contribution is 0.163. The monoisotopic (exact) mass is 159 g/mol. The highest BCUT2D eigenvalue weighted by molar-refractivity contribution is 4.77. The first-order chi connectivity index (χ1) is 5.00. The maximum Gasteiger partial charge on any atom is 0.0585 e. The van der Waals surface area contributed by atoms with E-state index in [2.05, 4.69) is 27.7 Å². The SMILES string of the molecule is CC(C)C(C(C)C)C(N)CO. The van der Waals surface area contributed by atoms with Gasteiger partial charge in [-0.1, -0.05) is 27.7 Å². The third-order valence-corrected chi connectivity index (χ3v) is 2.24. The van der Waals surface area contributed by atoms with Gasteiger partial charge in [-0.15, -0.1) is 0 Å². The lowest BCUT2D eigenvalue weighted by Gasteiger charge is -2.29. The van der Waals surface area contributed by atoms with Crippen LogP contribution in [0.25, 0.3) is 0 Å². The van der Waals surface area contributed by atoms with E-state index in [9.17, 15) is 0 Å². The van der Waals surface area contributed by atoms with Crippen molar-refractivity contribution in [1.82, 2.24) is 0 Å². The standard InChI is InChI=1S/C9H21NO/c1-6(2)9(7(3)4)8(10)5-11/h6-9,11H,5,10H2,1-4H3. The van der Waals surface area contributed by atoms with Gasteiger partial charge in [-0.25, -0.2) is 0 Å². The molecule has 0 saturated carbocycles. The second-order valence-corrected chi connectivity index (χ2v) is 3.91. The van der Waals surface area contributed by atoms with Gasteiger partial charge in [-0.2, -0.15) is 0 Å². The van der Waals surface area contributed by atoms with Crippen molar-refractivity contribution in [3.63, 3.8) is 0 Å². The number of aliphatic hydroxyl groups excluding tert-OH is 1. The Hall–Kier alpha value is -0.0800. The zero-order valence-corrected chi connectivity index (χ0v) is 8.04. The van der Waals surface area contributed by atoms with Crippen LogP contribution < -0.4 is 5.73 Å². The van der Waals surface area contributed by atoms with E-state index in [4.69, 9.17) is 10.8 Å². The van der Waals surface area contributed by atoms with E-state index in [1.807, 2.05) is 0 Å². The highest BCUT2D eigenvalue weighted by atomic mass is 16.3. The Balaban J connectivity index is 4.09. The molecule has 0 amide bonds. The minimum Gasteiger partial charge on any atom is -0.395 e. The lowest BCUT2D eigenvalue weighted by Crippen LogP contribution is -2.39. The molecule has 1 atom stereocenters. The Bertz CT molecular complexity index is 93.7. The highest BCUT2D eigenvalue weighted by Gasteiger charge is 2.23. The molecule has 0 rings (SSSR count). The van der Waals surface area contributed by atoms with Gasteiger partial charge in [0.25, 0.3) is 0 Å². The summed E-state index contributed by atoms with van der Waals surface area (Å²) < 4.78 is 0. The van der Waals surface area contributed by atoms with Crippen molar-refractivity contribution in [3.8, 4) is 0 Å². The second kappa shape index (κ2) is 4.73. The first kappa shape index (κ1) is 10.9. The lowest BCUT2D eigenvalue weighted by atomic mass is 9.80. The first-order valence-electron chi connectivity index (χ1n) is 4.37. The summed E-state index contributed by atoms with van der Waals surface area (Å²) in [4.78, 5) is 0. The summed E-state index contributed by atoms with van der Waals surface area (Å²) in [7, 11) is 0. The topological polar surface area (TPSA) is 46.2 Å². The van der Waals surface area contributed by atoms with Crippen LogP contribution in [0.2, 0.25) is 0 Å². The van der Waals surface area contributed by atoms with Crippen LogP contribution >= 0.6 is 0 Å². The Kier molecular flexibility index (Phi) is 4.69. The van der Waals surface area contributed by atoms with E-state index in [-0.39, 0.29) is 12.6 Å². The molecule has 3 N–H and O–H groups in total. The third kappa shape index (κ3) is 3.21. The Labute approximate surface area is 69.8 Å². The predicted molar refractivity (Wildman–Crippen MR) is 48.2 cm³/mol. The summed E-state index contributed by atoms with van der Waals surface area (Å²) in [6, 6.07) is -0.0602. The van der Waals surface area contributed by atoms with Crippen LogP contribution in [0.3, 0.4) is 0 Å². The number of nitrogens with two attached hydrogens (primary N) is 1. The maximum absolute atomic E-state index is 8.88. The first-order valence-corrected chi connectivity index (χ1v) is 4.37. The number of hydrogen-bond donors (Lipinski definition) is 2. The quantitative estimate of drug-likeness (QED) is 0.648. The Morgan fingerprint density at radius 2 is 1.45 bits per heavy atom. The average Bonchev–Trinajstić information content (AvgIpc) is 1.85. The van der Waals surface area contributed by atoms with E-state index in [0.29, 0.717) is 17.8 Å². The van der Waals surface area contributed by atoms with E-state index in [1.54, 1.807) is 0 Å². The van der Waals surface area contributed by atoms with Crippen molar-refractivity contribution < 1.29 is 5.11 Å². The molecule has 0 aliphatic rings. The summed E-state index contributed by atoms with van der Waals surface area (Å²) in [5.74, 6) is 1.54. The number of aliphatic hydroxyl groups is 1. The second-order valence-electron chi connectivity index (χ2n) is 3.91. The molecule has 2 heteroatoms. The normalized spacial score (nSPS) is 15.0. The molecule has 0 fully saturated rings. The minimum absolute atomic E-state index is 0.0602. The van der Waals surface area contributed by atoms with Crippen molar-refractivity contribution in [1.29, 1.82) is 0 Å². The van der Waals surface area contributed by atoms with Crippen LogP contribution in [0.1, 0.15) is 27.7 Å². The molecule has 11 heavy (non-hydrogen) atoms. The van der Waals surface area contributed by atoms with Gasteiger partial charge in [0.1, 0.15) is 0 Å². The molecule has 2 nitrogen and oxygen atoms in total. The van der Waals surface area contributed by atoms with Crippen molar-refractivity contribution in [2.75, 3.05) is 6.61 Å². The molecule has 0 spiro atoms. The summed E-state index contributed by atoms with van der Waals surface area (Å²) in [6.07, 6.45) is 0. The molecule has 0 aromatic heterocycles. The van der Waals surface area contributed by atoms with E-state index in [0.717, 1.165) is 0 Å². The molecule has 0 aromatic carbocycles. The molecular weight excluding hydrogens is 138 g/mol. The van der Waals surface area contributed by atoms with Crippen LogP contribution in [0.4, 0.5) is 0 Å². The van der Waals surface area contributed by atoms with Gasteiger partial charge >= 0.3 is 0 Å². The van der Waals surface area contributed by atoms with Crippen LogP contribution in [0.15, 0.2) is 0 Å². The summed E-state index contributed by atoms with van der Waals surface area (Å²) in [5, 5.41) is 8.88. The molecule has 0 aliphatic heterocycles. The van der Waals surface area contributed by atoms with Gasteiger partial charge in [0.05, 0.1) is 6.61 Å². The molecule has 0 aromatic rings. The largest absolute Gasteiger partial charge is 0.395 e. The fourth-order valence-electron chi connectivity index (χ4n) is 1.88. The van der Waals surface area contributed by atoms with Gasteiger partial charge < -0.3 is 10.8 Å². The fraction of sp³-hybridized carbons (Fsp3) is 1.00. The van der Waals surface area contributed by atoms with Crippen molar-refractivity contribution in [3.05, 3.63) is 0 Å². The molecule has 68 valence electrons. The highest BCUT2D eigenvalue weighted by Crippen LogP contribution is 2.22. The number of hydrogen-bond acceptors (Lipinski definition) is 2. The summed E-state index contributed by atoms with van der Waals surface area (Å²) in [6.45, 7) is 8.71. The average molecular weight is 159 g/mol. The zero-order chi connectivity index (χ0) is 9.02. The van der Waals surface area contributed by atoms with Crippen molar-refractivity contribution >= 4 is 0 Å². The third-order valence-electron chi connectivity index (χ3n) is 2.24. The smallest absolute Gasteiger partial charge is 0.0585 e. The molecule has 1 unspecified atom stereocenters. The minimum atomic E-state index is -0.0602. The molecule has 0 bridgehead atoms. The molecule has 0 radical (unpaired) electrons. The maximum atomic E-state index is 8.88. The van der Waals surface area contributed by atoms with Crippen LogP contribution in [-0.4, -0.2) is 17.8 Å². The van der Waals surface area contributed by atoms with Gasteiger partial charge in [-0.3, -0.25) is 0 Å². The van der Waals surface area contributed by atoms with Gasteiger partial charge in [0.15, 0.2) is 0 Å². The molecule has 0 heterocycles. The fourth-order valence-corrected chi connectivity index (χ4v) is 1.88. The Morgan fingerprint density at radius 1 is 1.09 bits per heavy atom. The van der Waals surface area contributed by atoms with E-state index in [1.165, 1.54) is 0 Å². The summed E-state index contributed by atoms with van der Waals surface area (Å²) >= 11 is 0. The van der Waals surface area contributed by atoms with Gasteiger partial charge in [0, 0.05) is 6.04 Å². The van der Waals surface area contributed by atoms with Gasteiger partial charge in [0.2, 0.25) is 0 Å². The van der Waals surface area contributed by atoms with E-state index >= 15 is 0 Å². The number of rotatable bonds is 4. The van der Waals surface area contributed by atoms with Crippen LogP contribution in [0.5, 0.6) is 0 Å². The predicted octanol–water partition coefficient (Wildman–Crippen LogP) is 1.23. The van der Waals surface area contributed by atoms with Crippen molar-refractivity contribution in [2.45, 2.75) is 33.7 Å². The molecular formula is C9H21NO. The molecule has 0 aliphatic carbocycles. The molecule has 0 saturated heterocycles. The van der Waals surface area contributed by atoms with Crippen LogP contribution in [-0.2, 0) is 0 Å². The van der Waals surface area contributed by atoms with E-state index < -0.39 is 0 Å².